The lowest BCUT2D eigenvalue weighted by molar-refractivity contribution is -0.0723. The number of hydrogen-bond acceptors (Lipinski definition) is 8. The van der Waals surface area contributed by atoms with E-state index in [1.54, 1.807) is 0 Å². The fraction of sp³-hybridized carbons (Fsp3) is 1.00. The number of rotatable bonds is 13. The number of aliphatic hydroxyl groups is 1. The first-order chi connectivity index (χ1) is 10.5. The predicted molar refractivity (Wildman–Crippen MR) is 87.1 cm³/mol. The topological polar surface area (TPSA) is 116 Å². The minimum atomic E-state index is -3.55. The van der Waals surface area contributed by atoms with E-state index in [-0.39, 0.29) is 32.5 Å². The van der Waals surface area contributed by atoms with Gasteiger partial charge in [-0.1, -0.05) is 6.92 Å². The van der Waals surface area contributed by atoms with Gasteiger partial charge < -0.3 is 19.3 Å². The highest BCUT2D eigenvalue weighted by Crippen LogP contribution is 2.06. The van der Waals surface area contributed by atoms with Crippen molar-refractivity contribution in [2.45, 2.75) is 30.8 Å². The molecule has 0 aromatic carbocycles. The number of sulfone groups is 2. The summed E-state index contributed by atoms with van der Waals surface area (Å²) in [5.41, 5.74) is 0. The van der Waals surface area contributed by atoms with Gasteiger partial charge in [-0.25, -0.2) is 16.8 Å². The maximum atomic E-state index is 11.6. The highest BCUT2D eigenvalue weighted by Gasteiger charge is 2.26. The van der Waals surface area contributed by atoms with Crippen LogP contribution in [0.2, 0.25) is 0 Å². The standard InChI is InChI=1S/C13H28O8S2/c1-5-11(6-14)21-8-12(19-2)7-20-9-13(23(4,17)18)10-22(3,15)16/h11-14H,5-10H2,1-4H3. The molecule has 0 bridgehead atoms. The van der Waals surface area contributed by atoms with E-state index in [0.717, 1.165) is 12.5 Å². The molecule has 1 N–H and O–H groups in total. The molecule has 23 heavy (non-hydrogen) atoms. The van der Waals surface area contributed by atoms with Crippen molar-refractivity contribution in [2.75, 3.05) is 51.8 Å². The molecule has 0 aliphatic heterocycles. The molecule has 3 unspecified atom stereocenters. The van der Waals surface area contributed by atoms with Gasteiger partial charge in [0.15, 0.2) is 9.84 Å². The van der Waals surface area contributed by atoms with Crippen molar-refractivity contribution >= 4 is 19.7 Å². The van der Waals surface area contributed by atoms with Crippen LogP contribution in [0.4, 0.5) is 0 Å². The van der Waals surface area contributed by atoms with E-state index in [9.17, 15) is 16.8 Å². The average Bonchev–Trinajstić information content (AvgIpc) is 2.42. The highest BCUT2D eigenvalue weighted by atomic mass is 32.2. The van der Waals surface area contributed by atoms with Crippen molar-refractivity contribution < 1.29 is 36.2 Å². The molecule has 0 heterocycles. The smallest absolute Gasteiger partial charge is 0.153 e. The van der Waals surface area contributed by atoms with Crippen molar-refractivity contribution in [1.29, 1.82) is 0 Å². The monoisotopic (exact) mass is 376 g/mol. The van der Waals surface area contributed by atoms with E-state index >= 15 is 0 Å². The number of hydrogen-bond donors (Lipinski definition) is 1. The summed E-state index contributed by atoms with van der Waals surface area (Å²) in [5, 5.41) is 7.92. The zero-order valence-corrected chi connectivity index (χ0v) is 15.7. The van der Waals surface area contributed by atoms with Gasteiger partial charge in [0.05, 0.1) is 43.5 Å². The van der Waals surface area contributed by atoms with E-state index in [2.05, 4.69) is 0 Å². The Labute approximate surface area is 139 Å². The Kier molecular flexibility index (Phi) is 10.5. The van der Waals surface area contributed by atoms with Gasteiger partial charge in [0.1, 0.15) is 15.9 Å². The maximum absolute atomic E-state index is 11.6. The zero-order chi connectivity index (χ0) is 18.1. The van der Waals surface area contributed by atoms with Crippen LogP contribution in [-0.2, 0) is 33.9 Å². The molecule has 10 heteroatoms. The van der Waals surface area contributed by atoms with Gasteiger partial charge in [-0.3, -0.25) is 0 Å². The molecule has 0 radical (unpaired) electrons. The molecule has 0 aliphatic rings. The Morgan fingerprint density at radius 1 is 1.00 bits per heavy atom. The van der Waals surface area contributed by atoms with Crippen LogP contribution in [-0.4, -0.2) is 91.2 Å². The lowest BCUT2D eigenvalue weighted by atomic mass is 10.3. The lowest BCUT2D eigenvalue weighted by Gasteiger charge is -2.21. The molecule has 0 fully saturated rings. The van der Waals surface area contributed by atoms with Gasteiger partial charge in [-0.05, 0) is 6.42 Å². The van der Waals surface area contributed by atoms with Crippen LogP contribution in [0.25, 0.3) is 0 Å². The second kappa shape index (κ2) is 10.6. The maximum Gasteiger partial charge on any atom is 0.153 e. The Balaban J connectivity index is 4.44. The molecule has 0 rings (SSSR count). The summed E-state index contributed by atoms with van der Waals surface area (Å²) in [4.78, 5) is 0. The molecule has 0 aromatic rings. The quantitative estimate of drug-likeness (QED) is 0.447. The van der Waals surface area contributed by atoms with Gasteiger partial charge in [0.2, 0.25) is 0 Å². The Bertz CT molecular complexity index is 510. The average molecular weight is 376 g/mol. The molecule has 0 aliphatic carbocycles. The third-order valence-corrected chi connectivity index (χ3v) is 5.94. The Morgan fingerprint density at radius 3 is 2.00 bits per heavy atom. The summed E-state index contributed by atoms with van der Waals surface area (Å²) >= 11 is 0. The van der Waals surface area contributed by atoms with Crippen LogP contribution in [0.15, 0.2) is 0 Å². The predicted octanol–water partition coefficient (Wildman–Crippen LogP) is -0.737. The van der Waals surface area contributed by atoms with E-state index < -0.39 is 36.8 Å². The van der Waals surface area contributed by atoms with Crippen molar-refractivity contribution in [3.05, 3.63) is 0 Å². The van der Waals surface area contributed by atoms with Gasteiger partial charge in [0, 0.05) is 19.6 Å². The number of ether oxygens (including phenoxy) is 3. The second-order valence-corrected chi connectivity index (χ2v) is 10.00. The van der Waals surface area contributed by atoms with Crippen LogP contribution in [0.5, 0.6) is 0 Å². The van der Waals surface area contributed by atoms with Crippen molar-refractivity contribution in [3.63, 3.8) is 0 Å². The molecule has 0 saturated heterocycles. The van der Waals surface area contributed by atoms with Crippen LogP contribution in [0, 0.1) is 0 Å². The van der Waals surface area contributed by atoms with Gasteiger partial charge >= 0.3 is 0 Å². The van der Waals surface area contributed by atoms with Crippen LogP contribution in [0.1, 0.15) is 13.3 Å². The summed E-state index contributed by atoms with van der Waals surface area (Å²) < 4.78 is 61.7. The van der Waals surface area contributed by atoms with Gasteiger partial charge in [-0.2, -0.15) is 0 Å². The number of aliphatic hydroxyl groups excluding tert-OH is 1. The van der Waals surface area contributed by atoms with Gasteiger partial charge in [-0.15, -0.1) is 0 Å². The fourth-order valence-electron chi connectivity index (χ4n) is 1.69. The van der Waals surface area contributed by atoms with E-state index in [0.29, 0.717) is 6.42 Å². The summed E-state index contributed by atoms with van der Waals surface area (Å²) in [6.07, 6.45) is 1.89. The fourth-order valence-corrected chi connectivity index (χ4v) is 4.54. The molecule has 0 aromatic heterocycles. The summed E-state index contributed by atoms with van der Waals surface area (Å²) in [7, 11) is -5.52. The molecule has 3 atom stereocenters. The van der Waals surface area contributed by atoms with E-state index in [4.69, 9.17) is 19.3 Å². The first kappa shape index (κ1) is 22.7. The minimum absolute atomic E-state index is 0.0636. The van der Waals surface area contributed by atoms with Crippen LogP contribution in [0.3, 0.4) is 0 Å². The first-order valence-corrected chi connectivity index (χ1v) is 11.2. The highest BCUT2D eigenvalue weighted by molar-refractivity contribution is 7.94. The normalized spacial score (nSPS) is 16.9. The lowest BCUT2D eigenvalue weighted by Crippen LogP contribution is -2.35. The first-order valence-electron chi connectivity index (χ1n) is 7.23. The molecule has 140 valence electrons. The third kappa shape index (κ3) is 11.0. The van der Waals surface area contributed by atoms with E-state index in [1.165, 1.54) is 7.11 Å². The minimum Gasteiger partial charge on any atom is -0.394 e. The van der Waals surface area contributed by atoms with Crippen molar-refractivity contribution in [1.82, 2.24) is 0 Å². The van der Waals surface area contributed by atoms with Gasteiger partial charge in [0.25, 0.3) is 0 Å². The number of methoxy groups -OCH3 is 1. The largest absolute Gasteiger partial charge is 0.394 e. The molecule has 8 nitrogen and oxygen atoms in total. The molecule has 0 spiro atoms. The van der Waals surface area contributed by atoms with Crippen LogP contribution < -0.4 is 0 Å². The summed E-state index contributed by atoms with van der Waals surface area (Å²) in [6, 6.07) is 0. The van der Waals surface area contributed by atoms with Crippen molar-refractivity contribution in [3.8, 4) is 0 Å². The molecule has 0 saturated carbocycles. The second-order valence-electron chi connectivity index (χ2n) is 5.49. The van der Waals surface area contributed by atoms with Crippen molar-refractivity contribution in [2.24, 2.45) is 0 Å². The Morgan fingerprint density at radius 2 is 1.61 bits per heavy atom. The third-order valence-electron chi connectivity index (χ3n) is 3.21. The summed E-state index contributed by atoms with van der Waals surface area (Å²) in [6.45, 7) is 1.79. The molecule has 0 amide bonds. The molecular formula is C13H28O8S2. The Hall–Kier alpha value is -0.260. The van der Waals surface area contributed by atoms with E-state index in [1.807, 2.05) is 6.92 Å². The SMILES string of the molecule is CCC(CO)OCC(COCC(CS(C)(=O)=O)S(C)(=O)=O)OC. The summed E-state index contributed by atoms with van der Waals surface area (Å²) in [5.74, 6) is -0.484. The van der Waals surface area contributed by atoms with Crippen LogP contribution >= 0.6 is 0 Å². The zero-order valence-electron chi connectivity index (χ0n) is 14.1. The molecular weight excluding hydrogens is 348 g/mol.